The van der Waals surface area contributed by atoms with Crippen molar-refractivity contribution in [3.05, 3.63) is 35.9 Å². The van der Waals surface area contributed by atoms with Gasteiger partial charge in [0.25, 0.3) is 11.8 Å². The average Bonchev–Trinajstić information content (AvgIpc) is 2.89. The molecular formula is C27H39N5O7. The summed E-state index contributed by atoms with van der Waals surface area (Å²) in [6.07, 6.45) is -2.65. The predicted molar refractivity (Wildman–Crippen MR) is 141 cm³/mol. The second kappa shape index (κ2) is 13.5. The molecule has 0 aliphatic carbocycles. The third-order valence-corrected chi connectivity index (χ3v) is 6.65. The molecular weight excluding hydrogens is 506 g/mol. The topological polar surface area (TPSA) is 157 Å². The fourth-order valence-electron chi connectivity index (χ4n) is 4.69. The third-order valence-electron chi connectivity index (χ3n) is 6.65. The fourth-order valence-corrected chi connectivity index (χ4v) is 4.69. The number of amides is 5. The van der Waals surface area contributed by atoms with E-state index in [9.17, 15) is 29.1 Å². The third kappa shape index (κ3) is 8.49. The van der Waals surface area contributed by atoms with Crippen LogP contribution in [-0.4, -0.2) is 108 Å². The lowest BCUT2D eigenvalue weighted by molar-refractivity contribution is -0.161. The van der Waals surface area contributed by atoms with Crippen LogP contribution in [0, 0.1) is 5.92 Å². The van der Waals surface area contributed by atoms with Crippen LogP contribution in [0.25, 0.3) is 0 Å². The van der Waals surface area contributed by atoms with Crippen LogP contribution in [0.4, 0.5) is 0 Å². The summed E-state index contributed by atoms with van der Waals surface area (Å²) in [4.78, 5) is 67.9. The summed E-state index contributed by atoms with van der Waals surface area (Å²) in [5.41, 5.74) is 0.798. The van der Waals surface area contributed by atoms with Crippen molar-refractivity contribution in [2.24, 2.45) is 5.92 Å². The van der Waals surface area contributed by atoms with E-state index in [0.29, 0.717) is 6.42 Å². The monoisotopic (exact) mass is 545 g/mol. The summed E-state index contributed by atoms with van der Waals surface area (Å²) in [6.45, 7) is 4.77. The van der Waals surface area contributed by atoms with E-state index in [0.717, 1.165) is 5.56 Å². The molecule has 0 spiro atoms. The average molecular weight is 546 g/mol. The van der Waals surface area contributed by atoms with Crippen LogP contribution in [0.3, 0.4) is 0 Å². The van der Waals surface area contributed by atoms with Crippen molar-refractivity contribution in [2.45, 2.75) is 64.0 Å². The summed E-state index contributed by atoms with van der Waals surface area (Å²) in [5, 5.41) is 18.1. The minimum absolute atomic E-state index is 0.0249. The number of hydrogen-bond donors (Lipinski definition) is 4. The van der Waals surface area contributed by atoms with E-state index in [1.165, 1.54) is 23.8 Å². The van der Waals surface area contributed by atoms with Crippen molar-refractivity contribution in [3.8, 4) is 0 Å². The lowest BCUT2D eigenvalue weighted by Crippen LogP contribution is -2.60. The predicted octanol–water partition coefficient (Wildman–Crippen LogP) is -1.19. The molecule has 1 aromatic rings. The van der Waals surface area contributed by atoms with Gasteiger partial charge in [0.15, 0.2) is 6.10 Å². The number of carbonyl (C=O) groups excluding carboxylic acids is 5. The number of likely N-dealkylation sites (N-methyl/N-ethyl adjacent to an activating group) is 1. The zero-order valence-electron chi connectivity index (χ0n) is 22.9. The molecule has 2 bridgehead atoms. The molecule has 12 heteroatoms. The van der Waals surface area contributed by atoms with Gasteiger partial charge in [0, 0.05) is 26.6 Å². The van der Waals surface area contributed by atoms with Crippen LogP contribution in [0.1, 0.15) is 32.8 Å². The number of aliphatic hydroxyl groups excluding tert-OH is 1. The zero-order valence-corrected chi connectivity index (χ0v) is 22.9. The van der Waals surface area contributed by atoms with Crippen molar-refractivity contribution < 1.29 is 33.8 Å². The minimum Gasteiger partial charge on any atom is -0.384 e. The Morgan fingerprint density at radius 2 is 1.72 bits per heavy atom. The quantitative estimate of drug-likeness (QED) is 0.362. The van der Waals surface area contributed by atoms with Gasteiger partial charge in [-0.25, -0.2) is 0 Å². The van der Waals surface area contributed by atoms with Crippen molar-refractivity contribution in [3.63, 3.8) is 0 Å². The van der Waals surface area contributed by atoms with Gasteiger partial charge >= 0.3 is 0 Å². The normalized spacial score (nSPS) is 26.2. The van der Waals surface area contributed by atoms with Gasteiger partial charge in [0.1, 0.15) is 18.2 Å². The Hall–Kier alpha value is -3.51. The molecule has 5 atom stereocenters. The van der Waals surface area contributed by atoms with E-state index in [4.69, 9.17) is 4.74 Å². The SMILES string of the molecule is CC(C)C[C@@H]1NC(=O)CN(C)C(=O)[C@@H](Cc2ccccc2)NC(=O)[C@H]2CN(C(=O)[C@H](C)O)C[C@@H](CNC1=O)O2. The molecule has 2 heterocycles. The Kier molecular flexibility index (Phi) is 10.4. The molecule has 2 aliphatic rings. The molecule has 12 nitrogen and oxygen atoms in total. The largest absolute Gasteiger partial charge is 0.384 e. The molecule has 2 aliphatic heterocycles. The maximum absolute atomic E-state index is 13.5. The molecule has 2 fully saturated rings. The fraction of sp³-hybridized carbons (Fsp3) is 0.593. The number of hydrogen-bond acceptors (Lipinski definition) is 7. The number of ether oxygens (including phenoxy) is 1. The van der Waals surface area contributed by atoms with Gasteiger partial charge < -0.3 is 35.6 Å². The molecule has 0 saturated carbocycles. The molecule has 0 unspecified atom stereocenters. The number of morpholine rings is 1. The van der Waals surface area contributed by atoms with E-state index in [1.807, 2.05) is 44.2 Å². The summed E-state index contributed by atoms with van der Waals surface area (Å²) in [5.74, 6) is -2.54. The molecule has 5 amide bonds. The second-order valence-electron chi connectivity index (χ2n) is 10.6. The van der Waals surface area contributed by atoms with Crippen molar-refractivity contribution in [2.75, 3.05) is 33.2 Å². The highest BCUT2D eigenvalue weighted by Gasteiger charge is 2.38. The number of nitrogens with one attached hydrogen (secondary N) is 3. The number of aliphatic hydroxyl groups is 1. The maximum Gasteiger partial charge on any atom is 0.251 e. The highest BCUT2D eigenvalue weighted by atomic mass is 16.5. The molecule has 1 aromatic carbocycles. The second-order valence-corrected chi connectivity index (χ2v) is 10.6. The van der Waals surface area contributed by atoms with E-state index in [1.54, 1.807) is 0 Å². The number of nitrogens with zero attached hydrogens (tertiary/aromatic N) is 2. The molecule has 39 heavy (non-hydrogen) atoms. The first-order valence-corrected chi connectivity index (χ1v) is 13.2. The first-order chi connectivity index (χ1) is 18.4. The van der Waals surface area contributed by atoms with E-state index in [-0.39, 0.29) is 38.5 Å². The van der Waals surface area contributed by atoms with E-state index < -0.39 is 59.9 Å². The van der Waals surface area contributed by atoms with Gasteiger partial charge in [-0.15, -0.1) is 0 Å². The number of rotatable bonds is 5. The minimum atomic E-state index is -1.29. The van der Waals surface area contributed by atoms with Crippen LogP contribution < -0.4 is 16.0 Å². The summed E-state index contributed by atoms with van der Waals surface area (Å²) < 4.78 is 5.97. The van der Waals surface area contributed by atoms with Gasteiger partial charge in [-0.3, -0.25) is 24.0 Å². The lowest BCUT2D eigenvalue weighted by Gasteiger charge is -2.38. The zero-order chi connectivity index (χ0) is 28.7. The Labute approximate surface area is 228 Å². The van der Waals surface area contributed by atoms with Crippen molar-refractivity contribution >= 4 is 29.5 Å². The van der Waals surface area contributed by atoms with Crippen LogP contribution >= 0.6 is 0 Å². The lowest BCUT2D eigenvalue weighted by atomic mass is 10.0. The first-order valence-electron chi connectivity index (χ1n) is 13.2. The Morgan fingerprint density at radius 3 is 2.36 bits per heavy atom. The molecule has 2 saturated heterocycles. The number of fused-ring (bicyclic) bond motifs is 2. The van der Waals surface area contributed by atoms with Gasteiger partial charge in [-0.2, -0.15) is 0 Å². The van der Waals surface area contributed by atoms with Gasteiger partial charge in [-0.05, 0) is 24.8 Å². The molecule has 0 aromatic heterocycles. The van der Waals surface area contributed by atoms with Crippen molar-refractivity contribution in [1.29, 1.82) is 0 Å². The smallest absolute Gasteiger partial charge is 0.251 e. The van der Waals surface area contributed by atoms with E-state index in [2.05, 4.69) is 16.0 Å². The highest BCUT2D eigenvalue weighted by Crippen LogP contribution is 2.15. The Balaban J connectivity index is 1.94. The standard InChI is InChI=1S/C27H39N5O7/c1-16(2)10-20-24(35)28-12-19-13-32(26(37)17(3)33)14-22(39-19)25(36)30-21(11-18-8-6-5-7-9-18)27(38)31(4)15-23(34)29-20/h5-9,16-17,19-22,33H,10-15H2,1-4H3,(H,28,35)(H,29,34)(H,30,36)/t17-,19+,20-,21+,22+/m0/s1. The summed E-state index contributed by atoms with van der Waals surface area (Å²) in [7, 11) is 1.46. The summed E-state index contributed by atoms with van der Waals surface area (Å²) in [6, 6.07) is 7.26. The van der Waals surface area contributed by atoms with Gasteiger partial charge in [-0.1, -0.05) is 44.2 Å². The van der Waals surface area contributed by atoms with Crippen LogP contribution in [0.15, 0.2) is 30.3 Å². The Bertz CT molecular complexity index is 1050. The number of carbonyl (C=O) groups is 5. The van der Waals surface area contributed by atoms with Crippen LogP contribution in [0.2, 0.25) is 0 Å². The molecule has 214 valence electrons. The first kappa shape index (κ1) is 30.0. The number of benzene rings is 1. The van der Waals surface area contributed by atoms with Crippen LogP contribution in [0.5, 0.6) is 0 Å². The molecule has 4 N–H and O–H groups in total. The Morgan fingerprint density at radius 1 is 1.03 bits per heavy atom. The van der Waals surface area contributed by atoms with Gasteiger partial charge in [0.05, 0.1) is 19.2 Å². The van der Waals surface area contributed by atoms with Crippen molar-refractivity contribution in [1.82, 2.24) is 25.8 Å². The summed E-state index contributed by atoms with van der Waals surface area (Å²) >= 11 is 0. The highest BCUT2D eigenvalue weighted by molar-refractivity contribution is 5.93. The van der Waals surface area contributed by atoms with E-state index >= 15 is 0 Å². The van der Waals surface area contributed by atoms with Gasteiger partial charge in [0.2, 0.25) is 17.7 Å². The van der Waals surface area contributed by atoms with Crippen LogP contribution in [-0.2, 0) is 35.1 Å². The molecule has 3 rings (SSSR count). The maximum atomic E-state index is 13.5. The molecule has 0 radical (unpaired) electrons.